The first-order valence-electron chi connectivity index (χ1n) is 7.75. The fourth-order valence-electron chi connectivity index (χ4n) is 1.97. The summed E-state index contributed by atoms with van der Waals surface area (Å²) in [5.74, 6) is 1.23. The summed E-state index contributed by atoms with van der Waals surface area (Å²) in [5.41, 5.74) is 2.62. The van der Waals surface area contributed by atoms with Gasteiger partial charge in [-0.15, -0.1) is 0 Å². The maximum absolute atomic E-state index is 5.40. The minimum Gasteiger partial charge on any atom is -0.382 e. The molecule has 1 aromatic carbocycles. The number of methoxy groups -OCH3 is 1. The Morgan fingerprint density at radius 2 is 1.86 bits per heavy atom. The van der Waals surface area contributed by atoms with Gasteiger partial charge >= 0.3 is 0 Å². The van der Waals surface area contributed by atoms with E-state index >= 15 is 0 Å². The molecule has 0 radical (unpaired) electrons. The first kappa shape index (κ1) is 18.5. The summed E-state index contributed by atoms with van der Waals surface area (Å²) in [6.07, 6.45) is 0. The predicted octanol–water partition coefficient (Wildman–Crippen LogP) is 1.93. The fourth-order valence-corrected chi connectivity index (χ4v) is 1.97. The number of guanidine groups is 1. The van der Waals surface area contributed by atoms with Crippen molar-refractivity contribution < 1.29 is 9.47 Å². The topological polar surface area (TPSA) is 54.9 Å². The number of ether oxygens (including phenoxy) is 2. The molecule has 0 saturated carbocycles. The third-order valence-corrected chi connectivity index (χ3v) is 3.42. The van der Waals surface area contributed by atoms with Crippen LogP contribution in [0.4, 0.5) is 0 Å². The standard InChI is InChI=1S/C17H29N3O2/c1-14-5-7-16(8-6-14)15(2)13-20-17(18-3)19-9-10-22-12-11-21-4/h5-8,15H,9-13H2,1-4H3,(H2,18,19,20). The minimum absolute atomic E-state index is 0.428. The molecule has 5 heteroatoms. The van der Waals surface area contributed by atoms with Gasteiger partial charge in [0.2, 0.25) is 0 Å². The molecule has 0 spiro atoms. The van der Waals surface area contributed by atoms with Crippen LogP contribution >= 0.6 is 0 Å². The van der Waals surface area contributed by atoms with Gasteiger partial charge in [0, 0.05) is 27.2 Å². The molecule has 124 valence electrons. The van der Waals surface area contributed by atoms with Crippen LogP contribution in [0, 0.1) is 6.92 Å². The van der Waals surface area contributed by atoms with Crippen LogP contribution in [-0.4, -0.2) is 53.0 Å². The fraction of sp³-hybridized carbons (Fsp3) is 0.588. The third kappa shape index (κ3) is 7.43. The second-order valence-electron chi connectivity index (χ2n) is 5.30. The van der Waals surface area contributed by atoms with Gasteiger partial charge in [-0.05, 0) is 18.4 Å². The van der Waals surface area contributed by atoms with E-state index in [0.717, 1.165) is 19.0 Å². The Balaban J connectivity index is 2.24. The van der Waals surface area contributed by atoms with E-state index in [1.807, 2.05) is 0 Å². The average molecular weight is 307 g/mol. The quantitative estimate of drug-likeness (QED) is 0.416. The van der Waals surface area contributed by atoms with Crippen molar-refractivity contribution in [1.29, 1.82) is 0 Å². The highest BCUT2D eigenvalue weighted by Gasteiger charge is 2.06. The van der Waals surface area contributed by atoms with Crippen LogP contribution in [0.5, 0.6) is 0 Å². The van der Waals surface area contributed by atoms with Crippen molar-refractivity contribution in [2.45, 2.75) is 19.8 Å². The molecule has 0 saturated heterocycles. The predicted molar refractivity (Wildman–Crippen MR) is 91.7 cm³/mol. The first-order valence-corrected chi connectivity index (χ1v) is 7.75. The van der Waals surface area contributed by atoms with E-state index in [9.17, 15) is 0 Å². The lowest BCUT2D eigenvalue weighted by Gasteiger charge is -2.16. The molecule has 22 heavy (non-hydrogen) atoms. The molecule has 5 nitrogen and oxygen atoms in total. The van der Waals surface area contributed by atoms with Gasteiger partial charge in [0.25, 0.3) is 0 Å². The van der Waals surface area contributed by atoms with Gasteiger partial charge in [-0.1, -0.05) is 36.8 Å². The molecule has 1 unspecified atom stereocenters. The van der Waals surface area contributed by atoms with Crippen molar-refractivity contribution in [2.24, 2.45) is 4.99 Å². The maximum atomic E-state index is 5.40. The second kappa shape index (κ2) is 11.0. The van der Waals surface area contributed by atoms with Crippen LogP contribution in [0.1, 0.15) is 24.0 Å². The van der Waals surface area contributed by atoms with Crippen molar-refractivity contribution >= 4 is 5.96 Å². The van der Waals surface area contributed by atoms with Gasteiger partial charge in [0.15, 0.2) is 5.96 Å². The van der Waals surface area contributed by atoms with E-state index in [4.69, 9.17) is 9.47 Å². The van der Waals surface area contributed by atoms with Gasteiger partial charge in [0.1, 0.15) is 0 Å². The zero-order chi connectivity index (χ0) is 16.2. The lowest BCUT2D eigenvalue weighted by Crippen LogP contribution is -2.40. The Kier molecular flexibility index (Phi) is 9.26. The summed E-state index contributed by atoms with van der Waals surface area (Å²) in [4.78, 5) is 4.22. The summed E-state index contributed by atoms with van der Waals surface area (Å²) >= 11 is 0. The molecule has 2 N–H and O–H groups in total. The third-order valence-electron chi connectivity index (χ3n) is 3.42. The Bertz CT molecular complexity index is 432. The van der Waals surface area contributed by atoms with Crippen molar-refractivity contribution in [2.75, 3.05) is 47.1 Å². The molecule has 1 rings (SSSR count). The SMILES string of the molecule is CN=C(NCCOCCOC)NCC(C)c1ccc(C)cc1. The number of hydrogen-bond acceptors (Lipinski definition) is 3. The minimum atomic E-state index is 0.428. The molecule has 0 fully saturated rings. The molecule has 0 bridgehead atoms. The number of benzene rings is 1. The Labute approximate surface area is 134 Å². The molecule has 0 aliphatic carbocycles. The largest absolute Gasteiger partial charge is 0.382 e. The Morgan fingerprint density at radius 3 is 2.50 bits per heavy atom. The zero-order valence-corrected chi connectivity index (χ0v) is 14.2. The Hall–Kier alpha value is -1.59. The van der Waals surface area contributed by atoms with Crippen LogP contribution in [0.25, 0.3) is 0 Å². The number of nitrogens with one attached hydrogen (secondary N) is 2. The number of rotatable bonds is 9. The van der Waals surface area contributed by atoms with Gasteiger partial charge < -0.3 is 20.1 Å². The summed E-state index contributed by atoms with van der Waals surface area (Å²) < 4.78 is 10.3. The van der Waals surface area contributed by atoms with E-state index < -0.39 is 0 Å². The van der Waals surface area contributed by atoms with Gasteiger partial charge in [-0.3, -0.25) is 4.99 Å². The first-order chi connectivity index (χ1) is 10.7. The molecular weight excluding hydrogens is 278 g/mol. The average Bonchev–Trinajstić information content (AvgIpc) is 2.54. The van der Waals surface area contributed by atoms with E-state index in [0.29, 0.717) is 25.7 Å². The summed E-state index contributed by atoms with van der Waals surface area (Å²) in [5, 5.41) is 6.58. The van der Waals surface area contributed by atoms with Crippen LogP contribution < -0.4 is 10.6 Å². The van der Waals surface area contributed by atoms with Crippen LogP contribution in [0.15, 0.2) is 29.3 Å². The molecule has 0 heterocycles. The number of aryl methyl sites for hydroxylation is 1. The molecule has 0 aliphatic heterocycles. The van der Waals surface area contributed by atoms with Gasteiger partial charge in [-0.2, -0.15) is 0 Å². The monoisotopic (exact) mass is 307 g/mol. The highest BCUT2D eigenvalue weighted by molar-refractivity contribution is 5.79. The highest BCUT2D eigenvalue weighted by Crippen LogP contribution is 2.14. The zero-order valence-electron chi connectivity index (χ0n) is 14.2. The highest BCUT2D eigenvalue weighted by atomic mass is 16.5. The molecular formula is C17H29N3O2. The van der Waals surface area contributed by atoms with Crippen LogP contribution in [-0.2, 0) is 9.47 Å². The summed E-state index contributed by atoms with van der Waals surface area (Å²) in [7, 11) is 3.44. The van der Waals surface area contributed by atoms with E-state index in [1.165, 1.54) is 11.1 Å². The molecule has 0 aliphatic rings. The van der Waals surface area contributed by atoms with E-state index in [2.05, 4.69) is 53.7 Å². The number of aliphatic imine (C=N–C) groups is 1. The van der Waals surface area contributed by atoms with Gasteiger partial charge in [-0.25, -0.2) is 0 Å². The van der Waals surface area contributed by atoms with Gasteiger partial charge in [0.05, 0.1) is 19.8 Å². The van der Waals surface area contributed by atoms with Crippen LogP contribution in [0.2, 0.25) is 0 Å². The molecule has 1 atom stereocenters. The maximum Gasteiger partial charge on any atom is 0.191 e. The number of nitrogens with zero attached hydrogens (tertiary/aromatic N) is 1. The molecule has 1 aromatic rings. The van der Waals surface area contributed by atoms with Crippen LogP contribution in [0.3, 0.4) is 0 Å². The van der Waals surface area contributed by atoms with E-state index in [-0.39, 0.29) is 0 Å². The number of hydrogen-bond donors (Lipinski definition) is 2. The van der Waals surface area contributed by atoms with Crippen molar-refractivity contribution in [3.8, 4) is 0 Å². The lowest BCUT2D eigenvalue weighted by atomic mass is 10.0. The molecule has 0 amide bonds. The smallest absolute Gasteiger partial charge is 0.191 e. The molecule has 0 aromatic heterocycles. The Morgan fingerprint density at radius 1 is 1.14 bits per heavy atom. The summed E-state index contributed by atoms with van der Waals surface area (Å²) in [6, 6.07) is 8.66. The summed E-state index contributed by atoms with van der Waals surface area (Å²) in [6.45, 7) is 7.76. The second-order valence-corrected chi connectivity index (χ2v) is 5.30. The van der Waals surface area contributed by atoms with Crippen molar-refractivity contribution in [1.82, 2.24) is 10.6 Å². The van der Waals surface area contributed by atoms with E-state index in [1.54, 1.807) is 14.2 Å². The van der Waals surface area contributed by atoms with Crippen molar-refractivity contribution in [3.05, 3.63) is 35.4 Å². The van der Waals surface area contributed by atoms with Crippen molar-refractivity contribution in [3.63, 3.8) is 0 Å². The lowest BCUT2D eigenvalue weighted by molar-refractivity contribution is 0.0733. The normalized spacial score (nSPS) is 13.0.